The van der Waals surface area contributed by atoms with Gasteiger partial charge < -0.3 is 5.73 Å². The molecule has 1 aromatic heterocycles. The Morgan fingerprint density at radius 2 is 1.94 bits per heavy atom. The summed E-state index contributed by atoms with van der Waals surface area (Å²) in [6.45, 7) is 0. The smallest absolute Gasteiger partial charge is 0.271 e. The monoisotopic (exact) mass is 239 g/mol. The Bertz CT molecular complexity index is 784. The second-order valence-corrected chi connectivity index (χ2v) is 4.04. The van der Waals surface area contributed by atoms with Crippen LogP contribution in [0.1, 0.15) is 0 Å². The van der Waals surface area contributed by atoms with Crippen molar-refractivity contribution < 1.29 is 4.92 Å². The van der Waals surface area contributed by atoms with Crippen LogP contribution in [0.4, 0.5) is 11.4 Å². The number of nitro groups is 1. The lowest BCUT2D eigenvalue weighted by Crippen LogP contribution is -1.91. The minimum atomic E-state index is -0.426. The van der Waals surface area contributed by atoms with Crippen LogP contribution in [0.3, 0.4) is 0 Å². The van der Waals surface area contributed by atoms with Gasteiger partial charge >= 0.3 is 0 Å². The van der Waals surface area contributed by atoms with E-state index in [-0.39, 0.29) is 5.69 Å². The van der Waals surface area contributed by atoms with E-state index in [2.05, 4.69) is 4.98 Å². The minimum Gasteiger partial charge on any atom is -0.398 e. The van der Waals surface area contributed by atoms with E-state index in [1.54, 1.807) is 12.1 Å². The van der Waals surface area contributed by atoms with Gasteiger partial charge in [0.2, 0.25) is 0 Å². The van der Waals surface area contributed by atoms with Crippen molar-refractivity contribution in [2.45, 2.75) is 0 Å². The van der Waals surface area contributed by atoms with Gasteiger partial charge in [-0.2, -0.15) is 0 Å². The summed E-state index contributed by atoms with van der Waals surface area (Å²) < 4.78 is 0. The molecular formula is C13H9N3O2. The van der Waals surface area contributed by atoms with E-state index in [0.29, 0.717) is 11.2 Å². The molecule has 5 heteroatoms. The normalized spacial score (nSPS) is 10.9. The molecule has 0 saturated carbocycles. The number of anilines is 1. The molecule has 5 nitrogen and oxygen atoms in total. The molecule has 0 aliphatic heterocycles. The van der Waals surface area contributed by atoms with Crippen LogP contribution in [-0.4, -0.2) is 9.91 Å². The Kier molecular flexibility index (Phi) is 2.13. The molecule has 2 aromatic carbocycles. The predicted octanol–water partition coefficient (Wildman–Crippen LogP) is 2.88. The molecule has 0 aliphatic rings. The first-order chi connectivity index (χ1) is 8.65. The lowest BCUT2D eigenvalue weighted by molar-refractivity contribution is -0.384. The molecule has 0 amide bonds. The number of fused-ring (bicyclic) bond motifs is 2. The fraction of sp³-hybridized carbons (Fsp3) is 0. The van der Waals surface area contributed by atoms with Crippen molar-refractivity contribution in [1.29, 1.82) is 0 Å². The summed E-state index contributed by atoms with van der Waals surface area (Å²) in [6, 6.07) is 12.0. The molecule has 2 N–H and O–H groups in total. The number of aromatic nitrogens is 1. The van der Waals surface area contributed by atoms with Gasteiger partial charge in [-0.3, -0.25) is 10.1 Å². The van der Waals surface area contributed by atoms with E-state index in [0.717, 1.165) is 16.3 Å². The Labute approximate surface area is 102 Å². The van der Waals surface area contributed by atoms with E-state index in [9.17, 15) is 10.1 Å². The van der Waals surface area contributed by atoms with Gasteiger partial charge in [-0.15, -0.1) is 0 Å². The number of benzene rings is 2. The van der Waals surface area contributed by atoms with E-state index >= 15 is 0 Å². The van der Waals surface area contributed by atoms with Gasteiger partial charge in [-0.25, -0.2) is 4.98 Å². The van der Waals surface area contributed by atoms with E-state index in [1.807, 2.05) is 18.2 Å². The molecule has 88 valence electrons. The molecule has 0 aliphatic carbocycles. The number of nitrogens with zero attached hydrogens (tertiary/aromatic N) is 2. The fourth-order valence-electron chi connectivity index (χ4n) is 1.97. The maximum atomic E-state index is 10.7. The number of rotatable bonds is 1. The van der Waals surface area contributed by atoms with Crippen LogP contribution in [0.25, 0.3) is 21.8 Å². The molecule has 3 aromatic rings. The lowest BCUT2D eigenvalue weighted by Gasteiger charge is -2.03. The van der Waals surface area contributed by atoms with Crippen molar-refractivity contribution in [3.63, 3.8) is 0 Å². The zero-order chi connectivity index (χ0) is 12.7. The summed E-state index contributed by atoms with van der Waals surface area (Å²) in [5.74, 6) is 0. The maximum absolute atomic E-state index is 10.7. The molecule has 0 bridgehead atoms. The first-order valence-corrected chi connectivity index (χ1v) is 5.38. The number of hydrogen-bond donors (Lipinski definition) is 1. The summed E-state index contributed by atoms with van der Waals surface area (Å²) in [5.41, 5.74) is 7.91. The van der Waals surface area contributed by atoms with Gasteiger partial charge in [0.1, 0.15) is 0 Å². The van der Waals surface area contributed by atoms with E-state index in [1.165, 1.54) is 12.1 Å². The third-order valence-electron chi connectivity index (χ3n) is 2.88. The van der Waals surface area contributed by atoms with Crippen molar-refractivity contribution in [2.24, 2.45) is 0 Å². The highest BCUT2D eigenvalue weighted by atomic mass is 16.6. The van der Waals surface area contributed by atoms with Crippen molar-refractivity contribution in [2.75, 3.05) is 5.73 Å². The second kappa shape index (κ2) is 3.66. The summed E-state index contributed by atoms with van der Waals surface area (Å²) in [7, 11) is 0. The van der Waals surface area contributed by atoms with Crippen LogP contribution >= 0.6 is 0 Å². The molecule has 18 heavy (non-hydrogen) atoms. The van der Waals surface area contributed by atoms with Gasteiger partial charge in [0.15, 0.2) is 0 Å². The fourth-order valence-corrected chi connectivity index (χ4v) is 1.97. The Morgan fingerprint density at radius 3 is 2.72 bits per heavy atom. The molecule has 1 heterocycles. The predicted molar refractivity (Wildman–Crippen MR) is 70.3 cm³/mol. The summed E-state index contributed by atoms with van der Waals surface area (Å²) in [6.07, 6.45) is 0. The first kappa shape index (κ1) is 10.5. The average molecular weight is 239 g/mol. The molecule has 3 rings (SSSR count). The average Bonchev–Trinajstić information content (AvgIpc) is 2.36. The third kappa shape index (κ3) is 1.53. The molecule has 0 spiro atoms. The lowest BCUT2D eigenvalue weighted by atomic mass is 10.1. The van der Waals surface area contributed by atoms with Gasteiger partial charge in [0, 0.05) is 28.6 Å². The Morgan fingerprint density at radius 1 is 1.11 bits per heavy atom. The van der Waals surface area contributed by atoms with Gasteiger partial charge in [-0.1, -0.05) is 6.07 Å². The van der Waals surface area contributed by atoms with E-state index in [4.69, 9.17) is 5.73 Å². The highest BCUT2D eigenvalue weighted by Gasteiger charge is 2.08. The van der Waals surface area contributed by atoms with E-state index < -0.39 is 4.92 Å². The second-order valence-electron chi connectivity index (χ2n) is 4.04. The third-order valence-corrected chi connectivity index (χ3v) is 2.88. The molecule has 0 fully saturated rings. The molecular weight excluding hydrogens is 230 g/mol. The molecule has 0 saturated heterocycles. The first-order valence-electron chi connectivity index (χ1n) is 5.38. The van der Waals surface area contributed by atoms with Crippen LogP contribution in [0.2, 0.25) is 0 Å². The van der Waals surface area contributed by atoms with Gasteiger partial charge in [-0.05, 0) is 24.3 Å². The summed E-state index contributed by atoms with van der Waals surface area (Å²) >= 11 is 0. The molecule has 0 radical (unpaired) electrons. The number of non-ortho nitro benzene ring substituents is 1. The van der Waals surface area contributed by atoms with Crippen molar-refractivity contribution in [1.82, 2.24) is 4.98 Å². The molecule has 0 unspecified atom stereocenters. The standard InChI is InChI=1S/C13H9N3O2/c14-11-2-1-3-12-10(11)6-8-4-5-9(16(17)18)7-13(8)15-12/h1-7H,14H2. The number of nitro benzene ring substituents is 1. The molecule has 0 atom stereocenters. The Balaban J connectivity index is 2.38. The van der Waals surface area contributed by atoms with Crippen LogP contribution in [0.15, 0.2) is 42.5 Å². The van der Waals surface area contributed by atoms with Crippen LogP contribution in [0, 0.1) is 10.1 Å². The van der Waals surface area contributed by atoms with Crippen LogP contribution < -0.4 is 5.73 Å². The SMILES string of the molecule is Nc1cccc2nc3cc([N+](=O)[O-])ccc3cc12. The van der Waals surface area contributed by atoms with Crippen molar-refractivity contribution >= 4 is 33.2 Å². The largest absolute Gasteiger partial charge is 0.398 e. The number of nitrogens with two attached hydrogens (primary N) is 1. The minimum absolute atomic E-state index is 0.0400. The van der Waals surface area contributed by atoms with Crippen LogP contribution in [0.5, 0.6) is 0 Å². The van der Waals surface area contributed by atoms with Crippen LogP contribution in [-0.2, 0) is 0 Å². The van der Waals surface area contributed by atoms with Gasteiger partial charge in [0.05, 0.1) is 16.0 Å². The quantitative estimate of drug-likeness (QED) is 0.306. The maximum Gasteiger partial charge on any atom is 0.271 e. The Hall–Kier alpha value is -2.69. The zero-order valence-electron chi connectivity index (χ0n) is 9.33. The summed E-state index contributed by atoms with van der Waals surface area (Å²) in [5, 5.41) is 12.4. The zero-order valence-corrected chi connectivity index (χ0v) is 9.33. The number of nitrogen functional groups attached to an aromatic ring is 1. The topological polar surface area (TPSA) is 82.0 Å². The van der Waals surface area contributed by atoms with Gasteiger partial charge in [0.25, 0.3) is 5.69 Å². The highest BCUT2D eigenvalue weighted by molar-refractivity contribution is 5.99. The number of pyridine rings is 1. The van der Waals surface area contributed by atoms with Crippen molar-refractivity contribution in [3.05, 3.63) is 52.6 Å². The summed E-state index contributed by atoms with van der Waals surface area (Å²) in [4.78, 5) is 14.7. The van der Waals surface area contributed by atoms with Crippen molar-refractivity contribution in [3.8, 4) is 0 Å². The highest BCUT2D eigenvalue weighted by Crippen LogP contribution is 2.26. The number of hydrogen-bond acceptors (Lipinski definition) is 4.